The Hall–Kier alpha value is -1.89. The van der Waals surface area contributed by atoms with Gasteiger partial charge in [0.15, 0.2) is 0 Å². The zero-order valence-corrected chi connectivity index (χ0v) is 11.3. The molecule has 1 aliphatic rings. The summed E-state index contributed by atoms with van der Waals surface area (Å²) in [6.45, 7) is 0. The molecule has 0 saturated heterocycles. The van der Waals surface area contributed by atoms with Gasteiger partial charge in [0.05, 0.1) is 6.07 Å². The fraction of sp³-hybridized carbons (Fsp3) is 0.533. The van der Waals surface area contributed by atoms with Gasteiger partial charge in [-0.25, -0.2) is 0 Å². The van der Waals surface area contributed by atoms with Crippen LogP contribution in [0.1, 0.15) is 38.5 Å². The minimum Gasteiger partial charge on any atom is -0.314 e. The number of nitrogens with zero attached hydrogens (tertiary/aromatic N) is 3. The van der Waals surface area contributed by atoms with Crippen molar-refractivity contribution in [1.29, 1.82) is 5.26 Å². The Bertz CT molecular complexity index is 470. The van der Waals surface area contributed by atoms with Crippen molar-refractivity contribution >= 4 is 11.6 Å². The second-order valence-electron chi connectivity index (χ2n) is 5.18. The molecular weight excluding hydrogens is 238 g/mol. The zero-order valence-electron chi connectivity index (χ0n) is 11.3. The summed E-state index contributed by atoms with van der Waals surface area (Å²) in [5.41, 5.74) is -0.0481. The van der Waals surface area contributed by atoms with Crippen molar-refractivity contribution in [3.63, 3.8) is 0 Å². The molecule has 1 aliphatic carbocycles. The number of amides is 1. The van der Waals surface area contributed by atoms with Crippen molar-refractivity contribution in [1.82, 2.24) is 4.98 Å². The third kappa shape index (κ3) is 2.76. The molecule has 1 heterocycles. The summed E-state index contributed by atoms with van der Waals surface area (Å²) in [6, 6.07) is 5.88. The first-order valence-electron chi connectivity index (χ1n) is 6.79. The van der Waals surface area contributed by atoms with E-state index in [9.17, 15) is 10.1 Å². The van der Waals surface area contributed by atoms with E-state index in [0.29, 0.717) is 12.8 Å². The fourth-order valence-corrected chi connectivity index (χ4v) is 2.71. The average Bonchev–Trinajstić information content (AvgIpc) is 2.73. The van der Waals surface area contributed by atoms with Crippen molar-refractivity contribution in [2.45, 2.75) is 38.5 Å². The number of carbonyl (C=O) groups excluding carboxylic acids is 1. The minimum atomic E-state index is -0.839. The summed E-state index contributed by atoms with van der Waals surface area (Å²) >= 11 is 0. The maximum atomic E-state index is 12.7. The monoisotopic (exact) mass is 257 g/mol. The van der Waals surface area contributed by atoms with Crippen LogP contribution in [0.15, 0.2) is 24.5 Å². The van der Waals surface area contributed by atoms with Crippen LogP contribution in [-0.4, -0.2) is 17.9 Å². The van der Waals surface area contributed by atoms with E-state index < -0.39 is 5.41 Å². The van der Waals surface area contributed by atoms with Crippen LogP contribution in [0, 0.1) is 16.7 Å². The summed E-state index contributed by atoms with van der Waals surface area (Å²) < 4.78 is 0. The van der Waals surface area contributed by atoms with E-state index in [1.807, 2.05) is 0 Å². The van der Waals surface area contributed by atoms with E-state index >= 15 is 0 Å². The first-order valence-corrected chi connectivity index (χ1v) is 6.79. The summed E-state index contributed by atoms with van der Waals surface area (Å²) in [6.07, 6.45) is 8.84. The molecule has 0 bridgehead atoms. The second-order valence-corrected chi connectivity index (χ2v) is 5.18. The van der Waals surface area contributed by atoms with Crippen LogP contribution in [0.25, 0.3) is 0 Å². The molecule has 0 aromatic carbocycles. The fourth-order valence-electron chi connectivity index (χ4n) is 2.71. The number of pyridine rings is 1. The molecule has 1 aromatic rings. The molecule has 1 amide bonds. The third-order valence-electron chi connectivity index (χ3n) is 3.94. The Balaban J connectivity index is 2.23. The number of aromatic nitrogens is 1. The topological polar surface area (TPSA) is 57.0 Å². The number of rotatable bonds is 2. The lowest BCUT2D eigenvalue weighted by atomic mass is 9.80. The molecule has 4 nitrogen and oxygen atoms in total. The van der Waals surface area contributed by atoms with E-state index in [4.69, 9.17) is 0 Å². The normalized spacial score (nSPS) is 18.1. The smallest absolute Gasteiger partial charge is 0.247 e. The predicted molar refractivity (Wildman–Crippen MR) is 73.4 cm³/mol. The summed E-state index contributed by atoms with van der Waals surface area (Å²) in [7, 11) is 1.74. The summed E-state index contributed by atoms with van der Waals surface area (Å²) in [4.78, 5) is 18.2. The maximum Gasteiger partial charge on any atom is 0.247 e. The molecule has 1 saturated carbocycles. The van der Waals surface area contributed by atoms with Gasteiger partial charge in [-0.15, -0.1) is 0 Å². The van der Waals surface area contributed by atoms with Gasteiger partial charge in [0.1, 0.15) is 5.41 Å². The van der Waals surface area contributed by atoms with E-state index in [1.165, 1.54) is 0 Å². The number of hydrogen-bond acceptors (Lipinski definition) is 3. The lowest BCUT2D eigenvalue weighted by Crippen LogP contribution is -2.41. The van der Waals surface area contributed by atoms with Gasteiger partial charge in [0.2, 0.25) is 5.91 Å². The molecule has 1 fully saturated rings. The highest BCUT2D eigenvalue weighted by Crippen LogP contribution is 2.36. The van der Waals surface area contributed by atoms with Gasteiger partial charge in [0, 0.05) is 25.1 Å². The minimum absolute atomic E-state index is 0.0805. The first-order chi connectivity index (χ1) is 9.19. The van der Waals surface area contributed by atoms with Crippen LogP contribution >= 0.6 is 0 Å². The van der Waals surface area contributed by atoms with E-state index in [2.05, 4.69) is 11.1 Å². The van der Waals surface area contributed by atoms with Crippen molar-refractivity contribution in [3.05, 3.63) is 24.5 Å². The van der Waals surface area contributed by atoms with Crippen molar-refractivity contribution < 1.29 is 4.79 Å². The molecule has 1 aromatic heterocycles. The van der Waals surface area contributed by atoms with Crippen molar-refractivity contribution in [3.8, 4) is 6.07 Å². The zero-order chi connectivity index (χ0) is 13.7. The van der Waals surface area contributed by atoms with Gasteiger partial charge in [-0.05, 0) is 25.0 Å². The quantitative estimate of drug-likeness (QED) is 0.765. The van der Waals surface area contributed by atoms with Gasteiger partial charge in [-0.3, -0.25) is 9.78 Å². The Morgan fingerprint density at radius 3 is 2.37 bits per heavy atom. The third-order valence-corrected chi connectivity index (χ3v) is 3.94. The van der Waals surface area contributed by atoms with E-state index in [-0.39, 0.29) is 5.91 Å². The molecule has 0 unspecified atom stereocenters. The van der Waals surface area contributed by atoms with Crippen LogP contribution in [-0.2, 0) is 4.79 Å². The van der Waals surface area contributed by atoms with Crippen molar-refractivity contribution in [2.75, 3.05) is 11.9 Å². The number of anilines is 1. The number of hydrogen-bond donors (Lipinski definition) is 0. The number of nitriles is 1. The molecule has 0 spiro atoms. The van der Waals surface area contributed by atoms with Gasteiger partial charge >= 0.3 is 0 Å². The molecule has 0 radical (unpaired) electrons. The van der Waals surface area contributed by atoms with Gasteiger partial charge in [0.25, 0.3) is 0 Å². The van der Waals surface area contributed by atoms with Crippen LogP contribution < -0.4 is 4.90 Å². The average molecular weight is 257 g/mol. The SMILES string of the molecule is CN(C(=O)C1(C#N)CCCCCC1)c1ccncc1. The first kappa shape index (κ1) is 13.5. The molecule has 0 N–H and O–H groups in total. The van der Waals surface area contributed by atoms with Crippen LogP contribution in [0.4, 0.5) is 5.69 Å². The second kappa shape index (κ2) is 5.83. The lowest BCUT2D eigenvalue weighted by Gasteiger charge is -2.29. The van der Waals surface area contributed by atoms with Gasteiger partial charge in [-0.1, -0.05) is 25.7 Å². The largest absolute Gasteiger partial charge is 0.314 e. The predicted octanol–water partition coefficient (Wildman–Crippen LogP) is 2.91. The highest BCUT2D eigenvalue weighted by Gasteiger charge is 2.41. The highest BCUT2D eigenvalue weighted by molar-refractivity contribution is 5.98. The Kier molecular flexibility index (Phi) is 4.16. The van der Waals surface area contributed by atoms with Crippen LogP contribution in [0.3, 0.4) is 0 Å². The van der Waals surface area contributed by atoms with Gasteiger partial charge in [-0.2, -0.15) is 5.26 Å². The summed E-state index contributed by atoms with van der Waals surface area (Å²) in [5, 5.41) is 9.52. The highest BCUT2D eigenvalue weighted by atomic mass is 16.2. The molecule has 2 rings (SSSR count). The molecule has 19 heavy (non-hydrogen) atoms. The standard InChI is InChI=1S/C15H19N3O/c1-18(13-6-10-17-11-7-13)14(19)15(12-16)8-4-2-3-5-9-15/h6-7,10-11H,2-5,8-9H2,1H3. The molecule has 4 heteroatoms. The Labute approximate surface area is 114 Å². The molecule has 0 aliphatic heterocycles. The lowest BCUT2D eigenvalue weighted by molar-refractivity contribution is -0.125. The van der Waals surface area contributed by atoms with Crippen LogP contribution in [0.2, 0.25) is 0 Å². The van der Waals surface area contributed by atoms with E-state index in [1.54, 1.807) is 36.5 Å². The number of carbonyl (C=O) groups is 1. The van der Waals surface area contributed by atoms with E-state index in [0.717, 1.165) is 31.4 Å². The molecular formula is C15H19N3O. The molecule has 100 valence electrons. The van der Waals surface area contributed by atoms with Crippen LogP contribution in [0.5, 0.6) is 0 Å². The van der Waals surface area contributed by atoms with Crippen molar-refractivity contribution in [2.24, 2.45) is 5.41 Å². The summed E-state index contributed by atoms with van der Waals surface area (Å²) in [5.74, 6) is -0.0805. The molecule has 0 atom stereocenters. The Morgan fingerprint density at radius 1 is 1.26 bits per heavy atom. The van der Waals surface area contributed by atoms with Gasteiger partial charge < -0.3 is 4.90 Å². The Morgan fingerprint density at radius 2 is 1.84 bits per heavy atom. The maximum absolute atomic E-state index is 12.7.